The Labute approximate surface area is 80.3 Å². The Hall–Kier alpha value is -0.570. The molecule has 1 aliphatic rings. The summed E-state index contributed by atoms with van der Waals surface area (Å²) in [6.07, 6.45) is 2.31. The third-order valence-corrected chi connectivity index (χ3v) is 3.11. The lowest BCUT2D eigenvalue weighted by molar-refractivity contribution is -0.123. The summed E-state index contributed by atoms with van der Waals surface area (Å²) in [6.45, 7) is 8.44. The van der Waals surface area contributed by atoms with Crippen LogP contribution in [0.25, 0.3) is 0 Å². The molecule has 13 heavy (non-hydrogen) atoms. The third-order valence-electron chi connectivity index (χ3n) is 3.11. The molecule has 0 bridgehead atoms. The number of rotatable bonds is 2. The van der Waals surface area contributed by atoms with Crippen LogP contribution in [0.2, 0.25) is 0 Å². The van der Waals surface area contributed by atoms with Gasteiger partial charge in [-0.25, -0.2) is 0 Å². The number of nitrogens with two attached hydrogens (primary N) is 1. The van der Waals surface area contributed by atoms with E-state index in [-0.39, 0.29) is 11.9 Å². The van der Waals surface area contributed by atoms with E-state index in [1.54, 1.807) is 0 Å². The second-order valence-corrected chi connectivity index (χ2v) is 4.78. The van der Waals surface area contributed by atoms with Crippen molar-refractivity contribution in [3.8, 4) is 0 Å². The van der Waals surface area contributed by atoms with Crippen LogP contribution in [-0.4, -0.2) is 29.9 Å². The molecule has 1 amide bonds. The minimum Gasteiger partial charge on any atom is -0.368 e. The molecular weight excluding hydrogens is 164 g/mol. The second kappa shape index (κ2) is 3.66. The number of hydrogen-bond acceptors (Lipinski definition) is 2. The van der Waals surface area contributed by atoms with Crippen molar-refractivity contribution in [1.82, 2.24) is 4.90 Å². The molecule has 0 aliphatic carbocycles. The van der Waals surface area contributed by atoms with Gasteiger partial charge in [-0.2, -0.15) is 0 Å². The minimum absolute atomic E-state index is 0.101. The highest BCUT2D eigenvalue weighted by Crippen LogP contribution is 2.30. The molecule has 1 fully saturated rings. The van der Waals surface area contributed by atoms with Crippen molar-refractivity contribution in [3.63, 3.8) is 0 Å². The van der Waals surface area contributed by atoms with Gasteiger partial charge in [-0.3, -0.25) is 9.69 Å². The molecule has 1 rings (SSSR count). The highest BCUT2D eigenvalue weighted by molar-refractivity contribution is 5.79. The number of primary amides is 1. The van der Waals surface area contributed by atoms with Crippen LogP contribution in [-0.2, 0) is 4.79 Å². The summed E-state index contributed by atoms with van der Waals surface area (Å²) in [4.78, 5) is 13.1. The van der Waals surface area contributed by atoms with Crippen molar-refractivity contribution in [3.05, 3.63) is 0 Å². The van der Waals surface area contributed by atoms with Gasteiger partial charge in [0, 0.05) is 0 Å². The molecule has 0 radical (unpaired) electrons. The van der Waals surface area contributed by atoms with Gasteiger partial charge in [-0.05, 0) is 38.3 Å². The van der Waals surface area contributed by atoms with E-state index < -0.39 is 0 Å². The number of hydrogen-bond donors (Lipinski definition) is 1. The molecule has 3 nitrogen and oxygen atoms in total. The smallest absolute Gasteiger partial charge is 0.234 e. The zero-order chi connectivity index (χ0) is 10.1. The van der Waals surface area contributed by atoms with Gasteiger partial charge in [-0.15, -0.1) is 0 Å². The molecule has 2 N–H and O–H groups in total. The molecule has 76 valence electrons. The summed E-state index contributed by atoms with van der Waals surface area (Å²) in [6, 6.07) is -0.101. The maximum atomic E-state index is 10.9. The van der Waals surface area contributed by atoms with Crippen molar-refractivity contribution in [2.24, 2.45) is 11.1 Å². The van der Waals surface area contributed by atoms with Gasteiger partial charge in [0.1, 0.15) is 0 Å². The normalized spacial score (nSPS) is 25.5. The third kappa shape index (κ3) is 2.69. The van der Waals surface area contributed by atoms with Gasteiger partial charge in [0.15, 0.2) is 0 Å². The van der Waals surface area contributed by atoms with Gasteiger partial charge < -0.3 is 5.73 Å². The fourth-order valence-electron chi connectivity index (χ4n) is 1.70. The Morgan fingerprint density at radius 3 is 2.23 bits per heavy atom. The van der Waals surface area contributed by atoms with Gasteiger partial charge in [0.05, 0.1) is 6.04 Å². The topological polar surface area (TPSA) is 46.3 Å². The van der Waals surface area contributed by atoms with E-state index in [1.165, 1.54) is 0 Å². The van der Waals surface area contributed by atoms with Crippen LogP contribution in [0, 0.1) is 5.41 Å². The van der Waals surface area contributed by atoms with Gasteiger partial charge >= 0.3 is 0 Å². The molecule has 1 saturated heterocycles. The first kappa shape index (κ1) is 10.5. The van der Waals surface area contributed by atoms with E-state index >= 15 is 0 Å². The first-order chi connectivity index (χ1) is 5.92. The maximum Gasteiger partial charge on any atom is 0.234 e. The fourth-order valence-corrected chi connectivity index (χ4v) is 1.70. The molecule has 1 aliphatic heterocycles. The van der Waals surface area contributed by atoms with Crippen LogP contribution in [0.4, 0.5) is 0 Å². The van der Waals surface area contributed by atoms with E-state index in [0.717, 1.165) is 25.9 Å². The molecule has 0 saturated carbocycles. The lowest BCUT2D eigenvalue weighted by Gasteiger charge is -2.38. The van der Waals surface area contributed by atoms with Crippen molar-refractivity contribution in [2.75, 3.05) is 13.1 Å². The maximum absolute atomic E-state index is 10.9. The first-order valence-electron chi connectivity index (χ1n) is 4.96. The number of carbonyl (C=O) groups is 1. The molecule has 1 atom stereocenters. The van der Waals surface area contributed by atoms with Crippen molar-refractivity contribution in [1.29, 1.82) is 0 Å². The molecule has 0 aromatic heterocycles. The Bertz CT molecular complexity index is 191. The van der Waals surface area contributed by atoms with E-state index in [2.05, 4.69) is 18.7 Å². The predicted octanol–water partition coefficient (Wildman–Crippen LogP) is 0.982. The second-order valence-electron chi connectivity index (χ2n) is 4.78. The average molecular weight is 184 g/mol. The van der Waals surface area contributed by atoms with E-state index in [4.69, 9.17) is 5.73 Å². The minimum atomic E-state index is -0.209. The summed E-state index contributed by atoms with van der Waals surface area (Å²) in [5.74, 6) is -0.209. The van der Waals surface area contributed by atoms with Gasteiger partial charge in [0.2, 0.25) is 5.91 Å². The Kier molecular flexibility index (Phi) is 2.96. The van der Waals surface area contributed by atoms with Crippen LogP contribution >= 0.6 is 0 Å². The number of carbonyl (C=O) groups excluding carboxylic acids is 1. The number of nitrogens with zero attached hydrogens (tertiary/aromatic N) is 1. The first-order valence-corrected chi connectivity index (χ1v) is 4.96. The largest absolute Gasteiger partial charge is 0.368 e. The van der Waals surface area contributed by atoms with Gasteiger partial charge in [-0.1, -0.05) is 13.8 Å². The van der Waals surface area contributed by atoms with Crippen molar-refractivity contribution >= 4 is 5.91 Å². The number of likely N-dealkylation sites (tertiary alicyclic amines) is 1. The van der Waals surface area contributed by atoms with E-state index in [9.17, 15) is 4.79 Å². The molecule has 0 spiro atoms. The van der Waals surface area contributed by atoms with E-state index in [0.29, 0.717) is 5.41 Å². The summed E-state index contributed by atoms with van der Waals surface area (Å²) < 4.78 is 0. The van der Waals surface area contributed by atoms with E-state index in [1.807, 2.05) is 6.92 Å². The molecule has 1 unspecified atom stereocenters. The lowest BCUT2D eigenvalue weighted by atomic mass is 9.82. The quantitative estimate of drug-likeness (QED) is 0.695. The molecular formula is C10H20N2O. The zero-order valence-corrected chi connectivity index (χ0v) is 8.84. The van der Waals surface area contributed by atoms with Gasteiger partial charge in [0.25, 0.3) is 0 Å². The number of piperidine rings is 1. The number of amides is 1. The standard InChI is InChI=1S/C10H20N2O/c1-8(9(11)13)12-6-4-10(2,3)5-7-12/h8H,4-7H2,1-3H3,(H2,11,13). The lowest BCUT2D eigenvalue weighted by Crippen LogP contribution is -2.47. The highest BCUT2D eigenvalue weighted by Gasteiger charge is 2.29. The van der Waals surface area contributed by atoms with Crippen LogP contribution < -0.4 is 5.73 Å². The van der Waals surface area contributed by atoms with Crippen molar-refractivity contribution < 1.29 is 4.79 Å². The SMILES string of the molecule is CC(C(N)=O)N1CCC(C)(C)CC1. The molecule has 3 heteroatoms. The monoisotopic (exact) mass is 184 g/mol. The summed E-state index contributed by atoms with van der Waals surface area (Å²) in [5.41, 5.74) is 5.69. The van der Waals surface area contributed by atoms with Crippen LogP contribution in [0.15, 0.2) is 0 Å². The van der Waals surface area contributed by atoms with Crippen LogP contribution in [0.5, 0.6) is 0 Å². The predicted molar refractivity (Wildman–Crippen MR) is 53.2 cm³/mol. The average Bonchev–Trinajstić information content (AvgIpc) is 2.03. The fraction of sp³-hybridized carbons (Fsp3) is 0.900. The molecule has 0 aromatic carbocycles. The highest BCUT2D eigenvalue weighted by atomic mass is 16.1. The molecule has 1 heterocycles. The molecule has 0 aromatic rings. The summed E-state index contributed by atoms with van der Waals surface area (Å²) >= 11 is 0. The van der Waals surface area contributed by atoms with Crippen LogP contribution in [0.1, 0.15) is 33.6 Å². The summed E-state index contributed by atoms with van der Waals surface area (Å²) in [7, 11) is 0. The Balaban J connectivity index is 2.45. The summed E-state index contributed by atoms with van der Waals surface area (Å²) in [5, 5.41) is 0. The Morgan fingerprint density at radius 1 is 1.38 bits per heavy atom. The Morgan fingerprint density at radius 2 is 1.85 bits per heavy atom. The van der Waals surface area contributed by atoms with Crippen LogP contribution in [0.3, 0.4) is 0 Å². The van der Waals surface area contributed by atoms with Crippen molar-refractivity contribution in [2.45, 2.75) is 39.7 Å². The zero-order valence-electron chi connectivity index (χ0n) is 8.84.